The lowest BCUT2D eigenvalue weighted by Gasteiger charge is -2.27. The quantitative estimate of drug-likeness (QED) is 0.735. The molecular formula is C17H27NO3. The third kappa shape index (κ3) is 3.30. The van der Waals surface area contributed by atoms with E-state index in [1.54, 1.807) is 0 Å². The largest absolute Gasteiger partial charge is 0.463 e. The van der Waals surface area contributed by atoms with E-state index in [1.165, 1.54) is 20.0 Å². The van der Waals surface area contributed by atoms with Crippen molar-refractivity contribution in [1.29, 1.82) is 0 Å². The summed E-state index contributed by atoms with van der Waals surface area (Å²) in [6.45, 7) is 6.54. The van der Waals surface area contributed by atoms with Gasteiger partial charge in [0, 0.05) is 5.41 Å². The fourth-order valence-corrected chi connectivity index (χ4v) is 3.58. The lowest BCUT2D eigenvalue weighted by atomic mass is 9.78. The first-order valence-corrected chi connectivity index (χ1v) is 8.11. The van der Waals surface area contributed by atoms with Crippen molar-refractivity contribution in [2.24, 2.45) is 5.92 Å². The zero-order valence-corrected chi connectivity index (χ0v) is 13.7. The van der Waals surface area contributed by atoms with Gasteiger partial charge < -0.3 is 9.15 Å². The molecule has 118 valence electrons. The number of carbonyl (C=O) groups excluding carboxylic acids is 1. The summed E-state index contributed by atoms with van der Waals surface area (Å²) in [6, 6.07) is 0. The number of oxazole rings is 1. The molecule has 1 fully saturated rings. The van der Waals surface area contributed by atoms with Crippen LogP contribution >= 0.6 is 0 Å². The molecule has 4 heteroatoms. The number of esters is 1. The van der Waals surface area contributed by atoms with Crippen LogP contribution in [-0.2, 0) is 16.6 Å². The van der Waals surface area contributed by atoms with E-state index < -0.39 is 5.97 Å². The van der Waals surface area contributed by atoms with Gasteiger partial charge in [-0.2, -0.15) is 0 Å². The molecule has 0 atom stereocenters. The molecule has 21 heavy (non-hydrogen) atoms. The van der Waals surface area contributed by atoms with Crippen molar-refractivity contribution >= 4 is 5.97 Å². The Morgan fingerprint density at radius 1 is 1.38 bits per heavy atom. The maximum Gasteiger partial charge on any atom is 0.375 e. The van der Waals surface area contributed by atoms with E-state index in [4.69, 9.17) is 14.1 Å². The Bertz CT molecular complexity index is 484. The Hall–Kier alpha value is -1.32. The highest BCUT2D eigenvalue weighted by Crippen LogP contribution is 2.45. The van der Waals surface area contributed by atoms with Crippen molar-refractivity contribution in [3.05, 3.63) is 17.3 Å². The van der Waals surface area contributed by atoms with Crippen LogP contribution in [0.1, 0.15) is 81.4 Å². The van der Waals surface area contributed by atoms with E-state index in [2.05, 4.69) is 20.8 Å². The van der Waals surface area contributed by atoms with Crippen LogP contribution in [0.25, 0.3) is 0 Å². The number of aryl methyl sites for hydroxylation is 1. The van der Waals surface area contributed by atoms with Crippen LogP contribution in [0.4, 0.5) is 0 Å². The molecule has 1 aliphatic rings. The topological polar surface area (TPSA) is 52.3 Å². The Morgan fingerprint density at radius 2 is 2.05 bits per heavy atom. The Morgan fingerprint density at radius 3 is 2.57 bits per heavy atom. The van der Waals surface area contributed by atoms with E-state index in [9.17, 15) is 4.79 Å². The average molecular weight is 293 g/mol. The predicted octanol–water partition coefficient (Wildman–Crippen LogP) is 4.27. The summed E-state index contributed by atoms with van der Waals surface area (Å²) in [4.78, 5) is 16.6. The highest BCUT2D eigenvalue weighted by atomic mass is 16.5. The molecule has 1 aromatic rings. The van der Waals surface area contributed by atoms with Gasteiger partial charge in [-0.25, -0.2) is 9.78 Å². The van der Waals surface area contributed by atoms with Crippen molar-refractivity contribution < 1.29 is 13.9 Å². The number of carbonyl (C=O) groups is 1. The normalized spacial score (nSPS) is 17.4. The second-order valence-electron chi connectivity index (χ2n) is 6.62. The first kappa shape index (κ1) is 16.1. The minimum atomic E-state index is -0.408. The average Bonchev–Trinajstić information content (AvgIpc) is 3.05. The molecule has 0 radical (unpaired) electrons. The van der Waals surface area contributed by atoms with Gasteiger partial charge in [0.15, 0.2) is 0 Å². The molecule has 1 aromatic heterocycles. The molecule has 0 N–H and O–H groups in total. The second kappa shape index (κ2) is 6.63. The summed E-state index contributed by atoms with van der Waals surface area (Å²) in [7, 11) is 1.39. The van der Waals surface area contributed by atoms with E-state index in [0.717, 1.165) is 43.7 Å². The molecule has 0 aromatic carbocycles. The fraction of sp³-hybridized carbons (Fsp3) is 0.765. The number of hydrogen-bond donors (Lipinski definition) is 0. The molecule has 0 unspecified atom stereocenters. The zero-order chi connectivity index (χ0) is 15.5. The maximum atomic E-state index is 11.9. The van der Waals surface area contributed by atoms with E-state index >= 15 is 0 Å². The molecule has 1 heterocycles. The number of ether oxygens (including phenoxy) is 1. The molecule has 0 aliphatic heterocycles. The zero-order valence-electron chi connectivity index (χ0n) is 13.7. The second-order valence-corrected chi connectivity index (χ2v) is 6.62. The number of nitrogens with zero attached hydrogens (tertiary/aromatic N) is 1. The molecule has 0 bridgehead atoms. The molecule has 0 saturated heterocycles. The summed E-state index contributed by atoms with van der Waals surface area (Å²) in [5.74, 6) is 1.25. The van der Waals surface area contributed by atoms with Gasteiger partial charge in [0.05, 0.1) is 12.8 Å². The van der Waals surface area contributed by atoms with Crippen LogP contribution in [0.5, 0.6) is 0 Å². The first-order chi connectivity index (χ1) is 10.0. The predicted molar refractivity (Wildman–Crippen MR) is 81.4 cm³/mol. The van der Waals surface area contributed by atoms with Crippen LogP contribution in [0, 0.1) is 5.92 Å². The Balaban J connectivity index is 2.39. The van der Waals surface area contributed by atoms with Gasteiger partial charge in [-0.3, -0.25) is 0 Å². The smallest absolute Gasteiger partial charge is 0.375 e. The minimum absolute atomic E-state index is 0.0168. The molecule has 0 spiro atoms. The third-order valence-electron chi connectivity index (χ3n) is 4.37. The maximum absolute atomic E-state index is 11.9. The van der Waals surface area contributed by atoms with Crippen molar-refractivity contribution in [2.45, 2.75) is 71.1 Å². The summed E-state index contributed by atoms with van der Waals surface area (Å²) in [6.07, 6.45) is 7.41. The highest BCUT2D eigenvalue weighted by Gasteiger charge is 2.41. The lowest BCUT2D eigenvalue weighted by Crippen LogP contribution is -2.24. The first-order valence-electron chi connectivity index (χ1n) is 8.11. The van der Waals surface area contributed by atoms with E-state index in [-0.39, 0.29) is 5.41 Å². The van der Waals surface area contributed by atoms with E-state index in [0.29, 0.717) is 11.7 Å². The number of aromatic nitrogens is 1. The van der Waals surface area contributed by atoms with Gasteiger partial charge in [0.1, 0.15) is 0 Å². The summed E-state index contributed by atoms with van der Waals surface area (Å²) in [5.41, 5.74) is 0.775. The number of methoxy groups -OCH3 is 1. The molecular weight excluding hydrogens is 266 g/mol. The molecule has 1 saturated carbocycles. The Labute approximate surface area is 127 Å². The summed E-state index contributed by atoms with van der Waals surface area (Å²) in [5, 5.41) is 0. The minimum Gasteiger partial charge on any atom is -0.463 e. The van der Waals surface area contributed by atoms with Crippen molar-refractivity contribution in [3.63, 3.8) is 0 Å². The van der Waals surface area contributed by atoms with Crippen LogP contribution in [-0.4, -0.2) is 18.1 Å². The van der Waals surface area contributed by atoms with Gasteiger partial charge in [-0.05, 0) is 31.6 Å². The van der Waals surface area contributed by atoms with Crippen LogP contribution in [0.2, 0.25) is 0 Å². The lowest BCUT2D eigenvalue weighted by molar-refractivity contribution is 0.0557. The van der Waals surface area contributed by atoms with Crippen LogP contribution in [0.15, 0.2) is 4.42 Å². The van der Waals surface area contributed by atoms with Gasteiger partial charge in [-0.1, -0.05) is 40.0 Å². The standard InChI is InChI=1S/C17H27NO3/c1-5-8-13-14(15(19)20-4)21-16(18-13)17(11-12(2)3)9-6-7-10-17/h12H,5-11H2,1-4H3. The number of hydrogen-bond acceptors (Lipinski definition) is 4. The van der Waals surface area contributed by atoms with Crippen molar-refractivity contribution in [1.82, 2.24) is 4.98 Å². The molecule has 1 aliphatic carbocycles. The third-order valence-corrected chi connectivity index (χ3v) is 4.37. The summed E-state index contributed by atoms with van der Waals surface area (Å²) < 4.78 is 10.8. The SMILES string of the molecule is CCCc1nc(C2(CC(C)C)CCCC2)oc1C(=O)OC. The van der Waals surface area contributed by atoms with Gasteiger partial charge >= 0.3 is 5.97 Å². The van der Waals surface area contributed by atoms with Crippen molar-refractivity contribution in [2.75, 3.05) is 7.11 Å². The monoisotopic (exact) mass is 293 g/mol. The summed E-state index contributed by atoms with van der Waals surface area (Å²) >= 11 is 0. The Kier molecular flexibility index (Phi) is 5.07. The van der Waals surface area contributed by atoms with Gasteiger partial charge in [0.2, 0.25) is 11.7 Å². The highest BCUT2D eigenvalue weighted by molar-refractivity contribution is 5.87. The van der Waals surface area contributed by atoms with Gasteiger partial charge in [-0.15, -0.1) is 0 Å². The van der Waals surface area contributed by atoms with Crippen LogP contribution in [0.3, 0.4) is 0 Å². The van der Waals surface area contributed by atoms with Crippen molar-refractivity contribution in [3.8, 4) is 0 Å². The molecule has 0 amide bonds. The van der Waals surface area contributed by atoms with Crippen LogP contribution < -0.4 is 0 Å². The fourth-order valence-electron chi connectivity index (χ4n) is 3.58. The molecule has 4 nitrogen and oxygen atoms in total. The van der Waals surface area contributed by atoms with E-state index in [1.807, 2.05) is 0 Å². The number of rotatable bonds is 6. The molecule has 2 rings (SSSR count). The van der Waals surface area contributed by atoms with Gasteiger partial charge in [0.25, 0.3) is 0 Å².